The maximum absolute atomic E-state index is 13.8. The quantitative estimate of drug-likeness (QED) is 0.307. The topological polar surface area (TPSA) is 107 Å². The normalized spacial score (nSPS) is 11.6. The van der Waals surface area contributed by atoms with Gasteiger partial charge in [0.2, 0.25) is 0 Å². The summed E-state index contributed by atoms with van der Waals surface area (Å²) < 4.78 is 44.2. The molecule has 1 amide bonds. The minimum Gasteiger partial charge on any atom is -0.495 e. The third kappa shape index (κ3) is 6.05. The number of halogens is 1. The number of thiophene rings is 1. The van der Waals surface area contributed by atoms with Crippen molar-refractivity contribution in [3.63, 3.8) is 0 Å². The van der Waals surface area contributed by atoms with Crippen LogP contribution in [0.1, 0.15) is 11.8 Å². The zero-order valence-corrected chi connectivity index (χ0v) is 21.8. The number of hydrazone groups is 1. The molecule has 1 heterocycles. The van der Waals surface area contributed by atoms with Crippen LogP contribution in [-0.4, -0.2) is 47.9 Å². The summed E-state index contributed by atoms with van der Waals surface area (Å²) in [4.78, 5) is 13.6. The number of ether oxygens (including phenoxy) is 3. The molecule has 9 nitrogen and oxygen atoms in total. The number of carbonyl (C=O) groups is 1. The smallest absolute Gasteiger partial charge is 0.265 e. The fourth-order valence-electron chi connectivity index (χ4n) is 3.11. The van der Waals surface area contributed by atoms with Crippen molar-refractivity contribution in [1.29, 1.82) is 0 Å². The summed E-state index contributed by atoms with van der Waals surface area (Å²) in [5.74, 6) is 0.123. The van der Waals surface area contributed by atoms with Gasteiger partial charge in [0.05, 0.1) is 37.6 Å². The molecule has 186 valence electrons. The Hall–Kier alpha value is -3.28. The molecule has 2 aromatic carbocycles. The molecule has 0 aliphatic heterocycles. The predicted octanol–water partition coefficient (Wildman–Crippen LogP) is 4.16. The summed E-state index contributed by atoms with van der Waals surface area (Å²) in [6.45, 7) is 1.15. The van der Waals surface area contributed by atoms with E-state index in [-0.39, 0.29) is 27.1 Å². The van der Waals surface area contributed by atoms with Crippen molar-refractivity contribution in [1.82, 2.24) is 5.43 Å². The van der Waals surface area contributed by atoms with Gasteiger partial charge in [0.25, 0.3) is 15.9 Å². The molecule has 0 bridgehead atoms. The molecule has 0 aliphatic carbocycles. The molecule has 0 spiro atoms. The van der Waals surface area contributed by atoms with Crippen LogP contribution in [0.25, 0.3) is 0 Å². The lowest BCUT2D eigenvalue weighted by atomic mass is 10.3. The van der Waals surface area contributed by atoms with Crippen molar-refractivity contribution in [2.75, 3.05) is 32.2 Å². The second-order valence-electron chi connectivity index (χ2n) is 7.05. The van der Waals surface area contributed by atoms with Gasteiger partial charge in [-0.1, -0.05) is 17.7 Å². The summed E-state index contributed by atoms with van der Waals surface area (Å²) in [5, 5.41) is 6.24. The Morgan fingerprint density at radius 2 is 1.71 bits per heavy atom. The monoisotopic (exact) mass is 537 g/mol. The third-order valence-corrected chi connectivity index (χ3v) is 7.84. The van der Waals surface area contributed by atoms with Crippen molar-refractivity contribution in [2.24, 2.45) is 5.10 Å². The molecule has 0 atom stereocenters. The first-order valence-corrected chi connectivity index (χ1v) is 12.9. The fourth-order valence-corrected chi connectivity index (χ4v) is 5.40. The number of amides is 1. The highest BCUT2D eigenvalue weighted by Gasteiger charge is 2.30. The Morgan fingerprint density at radius 3 is 2.34 bits per heavy atom. The molecule has 0 saturated carbocycles. The van der Waals surface area contributed by atoms with Gasteiger partial charge in [-0.3, -0.25) is 9.10 Å². The van der Waals surface area contributed by atoms with Gasteiger partial charge in [-0.25, -0.2) is 13.8 Å². The highest BCUT2D eigenvalue weighted by atomic mass is 35.5. The lowest BCUT2D eigenvalue weighted by Gasteiger charge is -2.25. The molecular formula is C23H24ClN3O6S2. The Bertz CT molecular complexity index is 1330. The van der Waals surface area contributed by atoms with E-state index in [2.05, 4.69) is 10.5 Å². The van der Waals surface area contributed by atoms with E-state index >= 15 is 0 Å². The van der Waals surface area contributed by atoms with E-state index in [0.29, 0.717) is 11.5 Å². The molecule has 1 aromatic heterocycles. The molecule has 3 rings (SSSR count). The summed E-state index contributed by atoms with van der Waals surface area (Å²) in [6, 6.07) is 12.3. The maximum Gasteiger partial charge on any atom is 0.265 e. The first-order valence-electron chi connectivity index (χ1n) is 10.2. The van der Waals surface area contributed by atoms with Crippen LogP contribution in [-0.2, 0) is 14.8 Å². The highest BCUT2D eigenvalue weighted by molar-refractivity contribution is 7.92. The zero-order valence-electron chi connectivity index (χ0n) is 19.4. The van der Waals surface area contributed by atoms with Crippen molar-refractivity contribution in [2.45, 2.75) is 11.8 Å². The number of nitrogens with zero attached hydrogens (tertiary/aromatic N) is 2. The van der Waals surface area contributed by atoms with Crippen molar-refractivity contribution in [3.05, 3.63) is 63.8 Å². The molecule has 0 radical (unpaired) electrons. The van der Waals surface area contributed by atoms with Gasteiger partial charge in [0.15, 0.2) is 11.5 Å². The highest BCUT2D eigenvalue weighted by Crippen LogP contribution is 2.36. The van der Waals surface area contributed by atoms with Crippen LogP contribution in [0.4, 0.5) is 5.69 Å². The first-order chi connectivity index (χ1) is 16.7. The van der Waals surface area contributed by atoms with Crippen LogP contribution in [0.2, 0.25) is 5.02 Å². The number of carbonyl (C=O) groups excluding carboxylic acids is 1. The summed E-state index contributed by atoms with van der Waals surface area (Å²) in [6.07, 6.45) is 0. The largest absolute Gasteiger partial charge is 0.495 e. The maximum atomic E-state index is 13.8. The molecule has 3 aromatic rings. The average molecular weight is 538 g/mol. The number of methoxy groups -OCH3 is 3. The molecule has 0 aliphatic rings. The Morgan fingerprint density at radius 1 is 1.03 bits per heavy atom. The molecule has 35 heavy (non-hydrogen) atoms. The van der Waals surface area contributed by atoms with Crippen molar-refractivity contribution in [3.8, 4) is 17.2 Å². The van der Waals surface area contributed by atoms with Gasteiger partial charge >= 0.3 is 0 Å². The number of anilines is 1. The van der Waals surface area contributed by atoms with E-state index in [1.165, 1.54) is 63.0 Å². The van der Waals surface area contributed by atoms with Gasteiger partial charge in [0.1, 0.15) is 12.3 Å². The van der Waals surface area contributed by atoms with Gasteiger partial charge in [-0.05, 0) is 48.7 Å². The zero-order chi connectivity index (χ0) is 25.6. The second-order valence-corrected chi connectivity index (χ2v) is 10.3. The summed E-state index contributed by atoms with van der Waals surface area (Å²) in [7, 11) is -0.0555. The van der Waals surface area contributed by atoms with Gasteiger partial charge < -0.3 is 14.2 Å². The minimum atomic E-state index is -4.29. The average Bonchev–Trinajstić information content (AvgIpc) is 3.40. The van der Waals surface area contributed by atoms with Crippen LogP contribution in [0.3, 0.4) is 0 Å². The van der Waals surface area contributed by atoms with E-state index in [0.717, 1.165) is 9.18 Å². The standard InChI is InChI=1S/C23H24ClN3O6S2/c1-15(22-6-5-11-34-22)25-26-23(28)14-27(18-12-16(24)7-9-19(18)31-2)35(29,30)17-8-10-20(32-3)21(13-17)33-4/h5-13H,14H2,1-4H3,(H,26,28)/b25-15+. The van der Waals surface area contributed by atoms with E-state index in [1.54, 1.807) is 13.0 Å². The molecule has 1 N–H and O–H groups in total. The molecular weight excluding hydrogens is 514 g/mol. The van der Waals surface area contributed by atoms with Gasteiger partial charge in [0, 0.05) is 16.0 Å². The number of rotatable bonds is 10. The van der Waals surface area contributed by atoms with Crippen LogP contribution in [0, 0.1) is 0 Å². The number of hydrogen-bond acceptors (Lipinski definition) is 8. The lowest BCUT2D eigenvalue weighted by Crippen LogP contribution is -2.40. The van der Waals surface area contributed by atoms with E-state index < -0.39 is 22.5 Å². The molecule has 0 unspecified atom stereocenters. The summed E-state index contributed by atoms with van der Waals surface area (Å²) in [5.41, 5.74) is 3.09. The Balaban J connectivity index is 2.03. The van der Waals surface area contributed by atoms with E-state index in [4.69, 9.17) is 25.8 Å². The Kier molecular flexibility index (Phi) is 8.60. The number of nitrogens with one attached hydrogen (secondary N) is 1. The SMILES string of the molecule is COc1ccc(S(=O)(=O)N(CC(=O)N/N=C(\C)c2cccs2)c2cc(Cl)ccc2OC)cc1OC. The molecule has 12 heteroatoms. The molecule has 0 fully saturated rings. The van der Waals surface area contributed by atoms with Crippen LogP contribution in [0.15, 0.2) is 63.9 Å². The summed E-state index contributed by atoms with van der Waals surface area (Å²) >= 11 is 7.63. The Labute approximate surface area is 212 Å². The number of hydrogen-bond donors (Lipinski definition) is 1. The van der Waals surface area contributed by atoms with E-state index in [9.17, 15) is 13.2 Å². The van der Waals surface area contributed by atoms with Crippen LogP contribution in [0.5, 0.6) is 17.2 Å². The van der Waals surface area contributed by atoms with Crippen molar-refractivity contribution < 1.29 is 27.4 Å². The molecule has 0 saturated heterocycles. The lowest BCUT2D eigenvalue weighted by molar-refractivity contribution is -0.119. The number of benzene rings is 2. The van der Waals surface area contributed by atoms with Gasteiger partial charge in [-0.2, -0.15) is 5.10 Å². The fraction of sp³-hybridized carbons (Fsp3) is 0.217. The predicted molar refractivity (Wildman–Crippen MR) is 137 cm³/mol. The van der Waals surface area contributed by atoms with E-state index in [1.807, 2.05) is 17.5 Å². The van der Waals surface area contributed by atoms with Gasteiger partial charge in [-0.15, -0.1) is 11.3 Å². The second kappa shape index (κ2) is 11.4. The van der Waals surface area contributed by atoms with Crippen LogP contribution < -0.4 is 23.9 Å². The minimum absolute atomic E-state index is 0.0869. The third-order valence-electron chi connectivity index (χ3n) is 4.87. The number of sulfonamides is 1. The van der Waals surface area contributed by atoms with Crippen molar-refractivity contribution >= 4 is 50.3 Å². The van der Waals surface area contributed by atoms with Crippen LogP contribution >= 0.6 is 22.9 Å². The first kappa shape index (κ1) is 26.3.